The summed E-state index contributed by atoms with van der Waals surface area (Å²) >= 11 is 0. The maximum Gasteiger partial charge on any atom is 0.0292 e. The molecule has 2 nitrogen and oxygen atoms in total. The molecule has 0 saturated heterocycles. The lowest BCUT2D eigenvalue weighted by atomic mass is 9.99. The van der Waals surface area contributed by atoms with Crippen molar-refractivity contribution in [1.82, 2.24) is 10.2 Å². The molecule has 0 saturated carbocycles. The minimum atomic E-state index is 0.404. The summed E-state index contributed by atoms with van der Waals surface area (Å²) in [5, 5.41) is 3.69. The third-order valence-corrected chi connectivity index (χ3v) is 4.24. The molecule has 0 aromatic heterocycles. The molecule has 2 heteroatoms. The Bertz CT molecular complexity index is 393. The van der Waals surface area contributed by atoms with Crippen LogP contribution in [0, 0.1) is 5.92 Å². The van der Waals surface area contributed by atoms with Crippen LogP contribution in [0.2, 0.25) is 0 Å². The van der Waals surface area contributed by atoms with E-state index in [4.69, 9.17) is 0 Å². The number of nitrogens with one attached hydrogen (secondary N) is 1. The molecule has 0 radical (unpaired) electrons. The fourth-order valence-corrected chi connectivity index (χ4v) is 2.62. The van der Waals surface area contributed by atoms with Crippen molar-refractivity contribution in [3.8, 4) is 0 Å². The highest BCUT2D eigenvalue weighted by molar-refractivity contribution is 5.26. The van der Waals surface area contributed by atoms with Crippen LogP contribution in [0.15, 0.2) is 24.3 Å². The van der Waals surface area contributed by atoms with Gasteiger partial charge in [-0.3, -0.25) is 0 Å². The van der Waals surface area contributed by atoms with Crippen molar-refractivity contribution in [2.75, 3.05) is 20.6 Å². The summed E-state index contributed by atoms with van der Waals surface area (Å²) in [7, 11) is 4.35. The SMILES string of the molecule is CC(C)CC(CNC(C)c1ccc(C(C)C)cc1)N(C)C. The van der Waals surface area contributed by atoms with Crippen LogP contribution in [0.5, 0.6) is 0 Å². The van der Waals surface area contributed by atoms with Gasteiger partial charge in [0.1, 0.15) is 0 Å². The van der Waals surface area contributed by atoms with Crippen LogP contribution in [0.3, 0.4) is 0 Å². The van der Waals surface area contributed by atoms with E-state index in [9.17, 15) is 0 Å². The third kappa shape index (κ3) is 6.19. The van der Waals surface area contributed by atoms with Crippen LogP contribution in [0.1, 0.15) is 64.1 Å². The average molecular weight is 290 g/mol. The van der Waals surface area contributed by atoms with Gasteiger partial charge in [0.05, 0.1) is 0 Å². The van der Waals surface area contributed by atoms with Crippen LogP contribution < -0.4 is 5.32 Å². The first-order valence-electron chi connectivity index (χ1n) is 8.31. The van der Waals surface area contributed by atoms with Crippen molar-refractivity contribution in [3.63, 3.8) is 0 Å². The molecule has 0 aliphatic rings. The molecule has 1 N–H and O–H groups in total. The summed E-state index contributed by atoms with van der Waals surface area (Å²) in [5.41, 5.74) is 2.79. The van der Waals surface area contributed by atoms with Gasteiger partial charge in [-0.05, 0) is 50.4 Å². The molecule has 2 unspecified atom stereocenters. The Morgan fingerprint density at radius 1 is 0.905 bits per heavy atom. The molecule has 0 spiro atoms. The molecule has 1 rings (SSSR count). The predicted octanol–water partition coefficient (Wildman–Crippen LogP) is 4.44. The Morgan fingerprint density at radius 3 is 1.86 bits per heavy atom. The first-order chi connectivity index (χ1) is 9.81. The van der Waals surface area contributed by atoms with Gasteiger partial charge in [0.2, 0.25) is 0 Å². The van der Waals surface area contributed by atoms with Crippen molar-refractivity contribution in [2.45, 2.75) is 59.0 Å². The minimum absolute atomic E-state index is 0.404. The fraction of sp³-hybridized carbons (Fsp3) is 0.684. The molecule has 1 aromatic rings. The second-order valence-electron chi connectivity index (χ2n) is 7.20. The van der Waals surface area contributed by atoms with E-state index >= 15 is 0 Å². The molecule has 0 fully saturated rings. The van der Waals surface area contributed by atoms with Crippen LogP contribution in [0.25, 0.3) is 0 Å². The maximum absolute atomic E-state index is 3.69. The van der Waals surface area contributed by atoms with E-state index in [0.717, 1.165) is 12.5 Å². The van der Waals surface area contributed by atoms with Crippen molar-refractivity contribution < 1.29 is 0 Å². The number of hydrogen-bond donors (Lipinski definition) is 1. The Morgan fingerprint density at radius 2 is 1.43 bits per heavy atom. The minimum Gasteiger partial charge on any atom is -0.309 e. The van der Waals surface area contributed by atoms with Gasteiger partial charge in [0.25, 0.3) is 0 Å². The van der Waals surface area contributed by atoms with Gasteiger partial charge in [-0.1, -0.05) is 52.0 Å². The molecular formula is C19H34N2. The van der Waals surface area contributed by atoms with Crippen molar-refractivity contribution in [2.24, 2.45) is 5.92 Å². The van der Waals surface area contributed by atoms with Crippen molar-refractivity contribution in [1.29, 1.82) is 0 Å². The quantitative estimate of drug-likeness (QED) is 0.761. The van der Waals surface area contributed by atoms with E-state index in [2.05, 4.69) is 83.2 Å². The zero-order chi connectivity index (χ0) is 16.0. The monoisotopic (exact) mass is 290 g/mol. The number of rotatable bonds is 8. The lowest BCUT2D eigenvalue weighted by Crippen LogP contribution is -2.39. The largest absolute Gasteiger partial charge is 0.309 e. The van der Waals surface area contributed by atoms with Crippen molar-refractivity contribution in [3.05, 3.63) is 35.4 Å². The first kappa shape index (κ1) is 18.2. The van der Waals surface area contributed by atoms with E-state index < -0.39 is 0 Å². The highest BCUT2D eigenvalue weighted by Crippen LogP contribution is 2.19. The summed E-state index contributed by atoms with van der Waals surface area (Å²) in [4.78, 5) is 2.33. The van der Waals surface area contributed by atoms with Gasteiger partial charge in [0.15, 0.2) is 0 Å². The summed E-state index contributed by atoms with van der Waals surface area (Å²) in [6, 6.07) is 10.1. The molecule has 0 heterocycles. The molecular weight excluding hydrogens is 256 g/mol. The zero-order valence-corrected chi connectivity index (χ0v) is 15.0. The van der Waals surface area contributed by atoms with E-state index in [0.29, 0.717) is 18.0 Å². The average Bonchev–Trinajstić information content (AvgIpc) is 2.42. The highest BCUT2D eigenvalue weighted by Gasteiger charge is 2.15. The summed E-state index contributed by atoms with van der Waals surface area (Å²) in [6.07, 6.45) is 1.24. The summed E-state index contributed by atoms with van der Waals surface area (Å²) in [6.45, 7) is 12.4. The van der Waals surface area contributed by atoms with Gasteiger partial charge < -0.3 is 10.2 Å². The van der Waals surface area contributed by atoms with Crippen LogP contribution >= 0.6 is 0 Å². The topological polar surface area (TPSA) is 15.3 Å². The van der Waals surface area contributed by atoms with Gasteiger partial charge in [-0.25, -0.2) is 0 Å². The second-order valence-corrected chi connectivity index (χ2v) is 7.20. The lowest BCUT2D eigenvalue weighted by molar-refractivity contribution is 0.242. The van der Waals surface area contributed by atoms with Crippen LogP contribution in [-0.2, 0) is 0 Å². The van der Waals surface area contributed by atoms with Crippen LogP contribution in [-0.4, -0.2) is 31.6 Å². The van der Waals surface area contributed by atoms with Gasteiger partial charge in [0, 0.05) is 18.6 Å². The summed E-state index contributed by atoms with van der Waals surface area (Å²) < 4.78 is 0. The first-order valence-corrected chi connectivity index (χ1v) is 8.31. The predicted molar refractivity (Wildman–Crippen MR) is 93.9 cm³/mol. The molecule has 0 amide bonds. The zero-order valence-electron chi connectivity index (χ0n) is 15.0. The smallest absolute Gasteiger partial charge is 0.0292 e. The maximum atomic E-state index is 3.69. The van der Waals surface area contributed by atoms with E-state index in [1.165, 1.54) is 17.5 Å². The molecule has 2 atom stereocenters. The Hall–Kier alpha value is -0.860. The van der Waals surface area contributed by atoms with E-state index in [1.54, 1.807) is 0 Å². The van der Waals surface area contributed by atoms with Gasteiger partial charge >= 0.3 is 0 Å². The standard InChI is InChI=1S/C19H34N2/c1-14(2)12-19(21(6)7)13-20-16(5)18-10-8-17(9-11-18)15(3)4/h8-11,14-16,19-20H,12-13H2,1-7H3. The number of hydrogen-bond acceptors (Lipinski definition) is 2. The lowest BCUT2D eigenvalue weighted by Gasteiger charge is -2.28. The highest BCUT2D eigenvalue weighted by atomic mass is 15.1. The second kappa shape index (κ2) is 8.55. The third-order valence-electron chi connectivity index (χ3n) is 4.24. The van der Waals surface area contributed by atoms with Crippen molar-refractivity contribution >= 4 is 0 Å². The Kier molecular flexibility index (Phi) is 7.41. The van der Waals surface area contributed by atoms with Gasteiger partial charge in [-0.15, -0.1) is 0 Å². The molecule has 0 aliphatic carbocycles. The van der Waals surface area contributed by atoms with Gasteiger partial charge in [-0.2, -0.15) is 0 Å². The molecule has 0 bridgehead atoms. The van der Waals surface area contributed by atoms with E-state index in [1.807, 2.05) is 0 Å². The summed E-state index contributed by atoms with van der Waals surface area (Å²) in [5.74, 6) is 1.34. The van der Waals surface area contributed by atoms with E-state index in [-0.39, 0.29) is 0 Å². The number of likely N-dealkylation sites (N-methyl/N-ethyl adjacent to an activating group) is 1. The molecule has 120 valence electrons. The van der Waals surface area contributed by atoms with Crippen LogP contribution in [0.4, 0.5) is 0 Å². The number of nitrogens with zero attached hydrogens (tertiary/aromatic N) is 1. The Balaban J connectivity index is 2.57. The fourth-order valence-electron chi connectivity index (χ4n) is 2.62. The molecule has 1 aromatic carbocycles. The molecule has 21 heavy (non-hydrogen) atoms. The Labute approximate surface area is 131 Å². The molecule has 0 aliphatic heterocycles. The normalized spacial score (nSPS) is 15.0. The number of benzene rings is 1.